The Morgan fingerprint density at radius 1 is 0.906 bits per heavy atom. The Hall–Kier alpha value is -3.23. The van der Waals surface area contributed by atoms with Crippen LogP contribution in [0.15, 0.2) is 56.6 Å². The molecule has 0 spiro atoms. The van der Waals surface area contributed by atoms with Gasteiger partial charge in [-0.1, -0.05) is 29.3 Å². The van der Waals surface area contributed by atoms with Crippen LogP contribution in [0.2, 0.25) is 5.02 Å². The normalized spacial score (nSPS) is 11.7. The molecule has 0 aliphatic carbocycles. The van der Waals surface area contributed by atoms with Crippen LogP contribution >= 0.6 is 11.6 Å². The summed E-state index contributed by atoms with van der Waals surface area (Å²) in [6.07, 6.45) is 0. The Morgan fingerprint density at radius 2 is 1.59 bits per heavy atom. The molecule has 0 aliphatic rings. The summed E-state index contributed by atoms with van der Waals surface area (Å²) >= 11 is 6.37. The van der Waals surface area contributed by atoms with Crippen LogP contribution in [0.5, 0.6) is 17.2 Å². The molecule has 1 heterocycles. The van der Waals surface area contributed by atoms with Gasteiger partial charge in [0.05, 0.1) is 24.6 Å². The first-order chi connectivity index (χ1) is 15.2. The van der Waals surface area contributed by atoms with Gasteiger partial charge in [-0.15, -0.1) is 0 Å². The highest BCUT2D eigenvalue weighted by atomic mass is 35.5. The fourth-order valence-electron chi connectivity index (χ4n) is 3.52. The Kier molecular flexibility index (Phi) is 5.52. The number of hydrogen-bond acceptors (Lipinski definition) is 7. The molecular weight excluding hydrogens is 456 g/mol. The summed E-state index contributed by atoms with van der Waals surface area (Å²) in [6, 6.07) is 10.5. The summed E-state index contributed by atoms with van der Waals surface area (Å²) in [6.45, 7) is 3.45. The number of benzene rings is 3. The van der Waals surface area contributed by atoms with Gasteiger partial charge in [0.2, 0.25) is 0 Å². The van der Waals surface area contributed by atoms with E-state index in [4.69, 9.17) is 29.7 Å². The SMILES string of the molecule is COc1cc(Cl)c(OC)c2c(OS(=O)(=O)c3ccc(C)cc3)c3c(=O)cc(C)oc3cc12. The quantitative estimate of drug-likeness (QED) is 0.297. The summed E-state index contributed by atoms with van der Waals surface area (Å²) in [4.78, 5) is 12.9. The first kappa shape index (κ1) is 22.0. The molecule has 0 N–H and O–H groups in total. The summed E-state index contributed by atoms with van der Waals surface area (Å²) in [5.74, 6) is 0.575. The second-order valence-electron chi connectivity index (χ2n) is 7.17. The maximum atomic E-state index is 13.2. The third-order valence-electron chi connectivity index (χ3n) is 4.99. The minimum atomic E-state index is -4.32. The van der Waals surface area contributed by atoms with E-state index in [2.05, 4.69) is 0 Å². The van der Waals surface area contributed by atoms with Gasteiger partial charge in [0.15, 0.2) is 11.2 Å². The standard InChI is InChI=1S/C23H19ClO7S/c1-12-5-7-14(8-6-12)32(26,27)31-23-20-15(18(28-3)11-16(24)22(20)29-4)10-19-21(23)17(25)9-13(2)30-19/h5-11H,1-4H3. The van der Waals surface area contributed by atoms with E-state index in [1.807, 2.05) is 6.92 Å². The highest BCUT2D eigenvalue weighted by Crippen LogP contribution is 2.47. The van der Waals surface area contributed by atoms with Gasteiger partial charge in [-0.2, -0.15) is 8.42 Å². The molecule has 4 rings (SSSR count). The maximum absolute atomic E-state index is 13.2. The van der Waals surface area contributed by atoms with Crippen LogP contribution in [0, 0.1) is 13.8 Å². The van der Waals surface area contributed by atoms with Crippen molar-refractivity contribution in [3.63, 3.8) is 0 Å². The van der Waals surface area contributed by atoms with E-state index < -0.39 is 15.5 Å². The minimum Gasteiger partial charge on any atom is -0.496 e. The van der Waals surface area contributed by atoms with Crippen molar-refractivity contribution in [2.75, 3.05) is 14.2 Å². The highest BCUT2D eigenvalue weighted by Gasteiger charge is 2.27. The first-order valence-electron chi connectivity index (χ1n) is 9.49. The van der Waals surface area contributed by atoms with E-state index in [1.165, 1.54) is 38.5 Å². The molecule has 7 nitrogen and oxygen atoms in total. The fourth-order valence-corrected chi connectivity index (χ4v) is 4.74. The van der Waals surface area contributed by atoms with Crippen molar-refractivity contribution in [3.05, 3.63) is 69.0 Å². The fraction of sp³-hybridized carbons (Fsp3) is 0.174. The minimum absolute atomic E-state index is 0.0543. The second-order valence-corrected chi connectivity index (χ2v) is 9.12. The molecule has 32 heavy (non-hydrogen) atoms. The molecule has 0 saturated heterocycles. The average Bonchev–Trinajstić information content (AvgIpc) is 2.73. The number of fused-ring (bicyclic) bond motifs is 2. The molecule has 4 aromatic rings. The number of aryl methyl sites for hydroxylation is 2. The molecule has 0 unspecified atom stereocenters. The van der Waals surface area contributed by atoms with E-state index in [0.717, 1.165) is 5.56 Å². The summed E-state index contributed by atoms with van der Waals surface area (Å²) in [5.41, 5.74) is 0.550. The van der Waals surface area contributed by atoms with Gasteiger partial charge in [0, 0.05) is 17.5 Å². The van der Waals surface area contributed by atoms with Crippen molar-refractivity contribution in [2.24, 2.45) is 0 Å². The van der Waals surface area contributed by atoms with Crippen molar-refractivity contribution < 1.29 is 26.5 Å². The van der Waals surface area contributed by atoms with Crippen LogP contribution in [0.1, 0.15) is 11.3 Å². The Balaban J connectivity index is 2.16. The van der Waals surface area contributed by atoms with Crippen LogP contribution in [0.25, 0.3) is 21.7 Å². The van der Waals surface area contributed by atoms with Crippen molar-refractivity contribution >= 4 is 43.5 Å². The zero-order valence-corrected chi connectivity index (χ0v) is 19.3. The predicted octanol–water partition coefficient (Wildman–Crippen LogP) is 5.00. The molecule has 0 fully saturated rings. The third kappa shape index (κ3) is 3.65. The third-order valence-corrected chi connectivity index (χ3v) is 6.51. The number of halogens is 1. The van der Waals surface area contributed by atoms with E-state index >= 15 is 0 Å². The smallest absolute Gasteiger partial charge is 0.339 e. The Morgan fingerprint density at radius 3 is 2.22 bits per heavy atom. The summed E-state index contributed by atoms with van der Waals surface area (Å²) < 4.78 is 48.5. The van der Waals surface area contributed by atoms with E-state index in [9.17, 15) is 13.2 Å². The van der Waals surface area contributed by atoms with Crippen molar-refractivity contribution in [2.45, 2.75) is 18.7 Å². The topological polar surface area (TPSA) is 92.0 Å². The van der Waals surface area contributed by atoms with E-state index in [0.29, 0.717) is 16.9 Å². The molecule has 9 heteroatoms. The Bertz CT molecular complexity index is 1520. The first-order valence-corrected chi connectivity index (χ1v) is 11.3. The molecule has 3 aromatic carbocycles. The van der Waals surface area contributed by atoms with Gasteiger partial charge in [-0.05, 0) is 32.0 Å². The molecule has 0 saturated carbocycles. The highest BCUT2D eigenvalue weighted by molar-refractivity contribution is 7.87. The number of ether oxygens (including phenoxy) is 2. The van der Waals surface area contributed by atoms with Crippen LogP contribution < -0.4 is 19.1 Å². The molecule has 1 aromatic heterocycles. The molecular formula is C23H19ClO7S. The zero-order valence-electron chi connectivity index (χ0n) is 17.7. The Labute approximate surface area is 189 Å². The van der Waals surface area contributed by atoms with Gasteiger partial charge in [0.25, 0.3) is 0 Å². The van der Waals surface area contributed by atoms with Crippen LogP contribution in [-0.4, -0.2) is 22.6 Å². The summed E-state index contributed by atoms with van der Waals surface area (Å²) in [7, 11) is -1.49. The largest absolute Gasteiger partial charge is 0.496 e. The van der Waals surface area contributed by atoms with Crippen molar-refractivity contribution in [1.29, 1.82) is 0 Å². The monoisotopic (exact) mass is 474 g/mol. The van der Waals surface area contributed by atoms with Crippen LogP contribution in [0.3, 0.4) is 0 Å². The lowest BCUT2D eigenvalue weighted by atomic mass is 10.0. The van der Waals surface area contributed by atoms with Gasteiger partial charge in [-0.25, -0.2) is 0 Å². The van der Waals surface area contributed by atoms with Gasteiger partial charge in [0.1, 0.15) is 33.1 Å². The zero-order chi connectivity index (χ0) is 23.2. The summed E-state index contributed by atoms with van der Waals surface area (Å²) in [5, 5.41) is 0.687. The van der Waals surface area contributed by atoms with Gasteiger partial charge < -0.3 is 18.1 Å². The molecule has 0 atom stereocenters. The van der Waals surface area contributed by atoms with E-state index in [1.54, 1.807) is 25.1 Å². The van der Waals surface area contributed by atoms with E-state index in [-0.39, 0.29) is 37.8 Å². The average molecular weight is 475 g/mol. The van der Waals surface area contributed by atoms with Gasteiger partial charge >= 0.3 is 10.1 Å². The second kappa shape index (κ2) is 8.03. The lowest BCUT2D eigenvalue weighted by molar-refractivity contribution is 0.409. The molecule has 166 valence electrons. The van der Waals surface area contributed by atoms with Crippen LogP contribution in [-0.2, 0) is 10.1 Å². The molecule has 0 aliphatic heterocycles. The molecule has 0 bridgehead atoms. The molecule has 0 radical (unpaired) electrons. The predicted molar refractivity (Wildman–Crippen MR) is 122 cm³/mol. The number of rotatable bonds is 5. The number of hydrogen-bond donors (Lipinski definition) is 0. The number of methoxy groups -OCH3 is 2. The maximum Gasteiger partial charge on any atom is 0.339 e. The van der Waals surface area contributed by atoms with Crippen molar-refractivity contribution in [3.8, 4) is 17.2 Å². The lowest BCUT2D eigenvalue weighted by Crippen LogP contribution is -2.13. The van der Waals surface area contributed by atoms with Gasteiger partial charge in [-0.3, -0.25) is 4.79 Å². The van der Waals surface area contributed by atoms with Crippen LogP contribution in [0.4, 0.5) is 0 Å². The van der Waals surface area contributed by atoms with Crippen molar-refractivity contribution in [1.82, 2.24) is 0 Å². The lowest BCUT2D eigenvalue weighted by Gasteiger charge is -2.17. The molecule has 0 amide bonds.